The van der Waals surface area contributed by atoms with Crippen molar-refractivity contribution in [1.82, 2.24) is 4.90 Å². The maximum absolute atomic E-state index is 13.1. The smallest absolute Gasteiger partial charge is 0.228 e. The fraction of sp³-hybridized carbons (Fsp3) is 0.900. The van der Waals surface area contributed by atoms with Gasteiger partial charge in [0.25, 0.3) is 0 Å². The maximum Gasteiger partial charge on any atom is 0.228 e. The highest BCUT2D eigenvalue weighted by molar-refractivity contribution is 5.82. The summed E-state index contributed by atoms with van der Waals surface area (Å²) >= 11 is 0. The fourth-order valence-electron chi connectivity index (χ4n) is 1.47. The SMILES string of the molecule is CCC(C)(C)C(=O)N1CC(C)(F)C1. The van der Waals surface area contributed by atoms with E-state index < -0.39 is 5.67 Å². The number of rotatable bonds is 2. The Balaban J connectivity index is 2.53. The Morgan fingerprint density at radius 1 is 1.54 bits per heavy atom. The lowest BCUT2D eigenvalue weighted by Crippen LogP contribution is -2.61. The molecule has 0 bridgehead atoms. The Morgan fingerprint density at radius 2 is 2.00 bits per heavy atom. The second kappa shape index (κ2) is 2.96. The largest absolute Gasteiger partial charge is 0.336 e. The van der Waals surface area contributed by atoms with Crippen molar-refractivity contribution >= 4 is 5.91 Å². The van der Waals surface area contributed by atoms with E-state index in [1.807, 2.05) is 20.8 Å². The van der Waals surface area contributed by atoms with Gasteiger partial charge in [-0.2, -0.15) is 0 Å². The molecule has 1 heterocycles. The summed E-state index contributed by atoms with van der Waals surface area (Å²) in [7, 11) is 0. The molecule has 1 aliphatic rings. The fourth-order valence-corrected chi connectivity index (χ4v) is 1.47. The zero-order valence-corrected chi connectivity index (χ0v) is 8.85. The molecular formula is C10H18FNO. The Kier molecular flexibility index (Phi) is 2.39. The van der Waals surface area contributed by atoms with Gasteiger partial charge in [-0.25, -0.2) is 4.39 Å². The van der Waals surface area contributed by atoms with E-state index in [0.717, 1.165) is 6.42 Å². The molecule has 0 N–H and O–H groups in total. The first kappa shape index (κ1) is 10.5. The molecule has 0 radical (unpaired) electrons. The van der Waals surface area contributed by atoms with Crippen molar-refractivity contribution in [2.24, 2.45) is 5.41 Å². The van der Waals surface area contributed by atoms with E-state index in [4.69, 9.17) is 0 Å². The molecule has 1 amide bonds. The van der Waals surface area contributed by atoms with Crippen LogP contribution in [-0.4, -0.2) is 29.6 Å². The quantitative estimate of drug-likeness (QED) is 0.647. The molecule has 0 saturated carbocycles. The van der Waals surface area contributed by atoms with E-state index in [2.05, 4.69) is 0 Å². The zero-order chi connectivity index (χ0) is 10.3. The predicted molar refractivity (Wildman–Crippen MR) is 50.2 cm³/mol. The minimum Gasteiger partial charge on any atom is -0.336 e. The van der Waals surface area contributed by atoms with E-state index in [-0.39, 0.29) is 24.4 Å². The summed E-state index contributed by atoms with van der Waals surface area (Å²) in [5, 5.41) is 0. The Labute approximate surface area is 79.1 Å². The van der Waals surface area contributed by atoms with Crippen LogP contribution in [0.3, 0.4) is 0 Å². The van der Waals surface area contributed by atoms with Crippen LogP contribution in [0.4, 0.5) is 4.39 Å². The monoisotopic (exact) mass is 187 g/mol. The average Bonchev–Trinajstić information content (AvgIpc) is 1.98. The summed E-state index contributed by atoms with van der Waals surface area (Å²) in [5.74, 6) is 0.0742. The van der Waals surface area contributed by atoms with Crippen molar-refractivity contribution in [3.63, 3.8) is 0 Å². The van der Waals surface area contributed by atoms with Crippen LogP contribution in [-0.2, 0) is 4.79 Å². The molecule has 2 nitrogen and oxygen atoms in total. The van der Waals surface area contributed by atoms with Crippen LogP contribution in [0.2, 0.25) is 0 Å². The zero-order valence-electron chi connectivity index (χ0n) is 8.85. The first-order chi connectivity index (χ1) is 5.78. The van der Waals surface area contributed by atoms with Crippen LogP contribution in [0.5, 0.6) is 0 Å². The standard InChI is InChI=1S/C10H18FNO/c1-5-9(2,3)8(13)12-6-10(4,11)7-12/h5-7H2,1-4H3. The number of hydrogen-bond donors (Lipinski definition) is 0. The Hall–Kier alpha value is -0.600. The normalized spacial score (nSPS) is 21.2. The van der Waals surface area contributed by atoms with Crippen LogP contribution in [0.15, 0.2) is 0 Å². The molecule has 13 heavy (non-hydrogen) atoms. The summed E-state index contributed by atoms with van der Waals surface area (Å²) in [6.07, 6.45) is 0.797. The molecule has 0 unspecified atom stereocenters. The summed E-state index contributed by atoms with van der Waals surface area (Å²) in [4.78, 5) is 13.3. The first-order valence-electron chi connectivity index (χ1n) is 4.77. The van der Waals surface area contributed by atoms with E-state index in [1.165, 1.54) is 6.92 Å². The molecule has 0 aromatic carbocycles. The Bertz CT molecular complexity index is 215. The second-order valence-corrected chi connectivity index (χ2v) is 4.81. The first-order valence-corrected chi connectivity index (χ1v) is 4.77. The van der Waals surface area contributed by atoms with Crippen molar-refractivity contribution in [3.05, 3.63) is 0 Å². The van der Waals surface area contributed by atoms with Crippen molar-refractivity contribution in [3.8, 4) is 0 Å². The third-order valence-corrected chi connectivity index (χ3v) is 2.79. The molecular weight excluding hydrogens is 169 g/mol. The van der Waals surface area contributed by atoms with Gasteiger partial charge in [0.15, 0.2) is 0 Å². The van der Waals surface area contributed by atoms with Crippen LogP contribution in [0.25, 0.3) is 0 Å². The van der Waals surface area contributed by atoms with Gasteiger partial charge in [0.05, 0.1) is 13.1 Å². The molecule has 1 saturated heterocycles. The van der Waals surface area contributed by atoms with Gasteiger partial charge < -0.3 is 4.90 Å². The summed E-state index contributed by atoms with van der Waals surface area (Å²) in [5.41, 5.74) is -1.49. The van der Waals surface area contributed by atoms with Crippen molar-refractivity contribution < 1.29 is 9.18 Å². The van der Waals surface area contributed by atoms with Crippen LogP contribution < -0.4 is 0 Å². The van der Waals surface area contributed by atoms with Gasteiger partial charge in [-0.15, -0.1) is 0 Å². The number of carbonyl (C=O) groups excluding carboxylic acids is 1. The Morgan fingerprint density at radius 3 is 2.31 bits per heavy atom. The minimum absolute atomic E-state index is 0.0742. The van der Waals surface area contributed by atoms with Gasteiger partial charge in [0.1, 0.15) is 5.67 Å². The maximum atomic E-state index is 13.1. The van der Waals surface area contributed by atoms with Crippen molar-refractivity contribution in [2.75, 3.05) is 13.1 Å². The highest BCUT2D eigenvalue weighted by atomic mass is 19.1. The molecule has 3 heteroatoms. The van der Waals surface area contributed by atoms with Gasteiger partial charge in [-0.3, -0.25) is 4.79 Å². The molecule has 0 spiro atoms. The number of halogens is 1. The molecule has 76 valence electrons. The molecule has 1 fully saturated rings. The average molecular weight is 187 g/mol. The molecule has 0 aromatic rings. The highest BCUT2D eigenvalue weighted by Gasteiger charge is 2.44. The number of hydrogen-bond acceptors (Lipinski definition) is 1. The van der Waals surface area contributed by atoms with E-state index in [1.54, 1.807) is 4.90 Å². The number of alkyl halides is 1. The molecule has 1 rings (SSSR count). The molecule has 0 aromatic heterocycles. The van der Waals surface area contributed by atoms with Gasteiger partial charge in [0.2, 0.25) is 5.91 Å². The van der Waals surface area contributed by atoms with E-state index in [0.29, 0.717) is 0 Å². The summed E-state index contributed by atoms with van der Waals surface area (Å²) in [6, 6.07) is 0. The van der Waals surface area contributed by atoms with Gasteiger partial charge in [0, 0.05) is 5.41 Å². The summed E-state index contributed by atoms with van der Waals surface area (Å²) < 4.78 is 13.1. The number of amides is 1. The van der Waals surface area contributed by atoms with Gasteiger partial charge in [-0.05, 0) is 13.3 Å². The lowest BCUT2D eigenvalue weighted by Gasteiger charge is -2.45. The number of carbonyl (C=O) groups is 1. The topological polar surface area (TPSA) is 20.3 Å². The van der Waals surface area contributed by atoms with Crippen LogP contribution >= 0.6 is 0 Å². The van der Waals surface area contributed by atoms with Gasteiger partial charge >= 0.3 is 0 Å². The molecule has 1 aliphatic heterocycles. The van der Waals surface area contributed by atoms with Crippen molar-refractivity contribution in [1.29, 1.82) is 0 Å². The lowest BCUT2D eigenvalue weighted by atomic mass is 9.85. The minimum atomic E-state index is -1.15. The predicted octanol–water partition coefficient (Wildman–Crippen LogP) is 1.99. The lowest BCUT2D eigenvalue weighted by molar-refractivity contribution is -0.153. The van der Waals surface area contributed by atoms with Crippen LogP contribution in [0, 0.1) is 5.41 Å². The highest BCUT2D eigenvalue weighted by Crippen LogP contribution is 2.31. The molecule has 0 atom stereocenters. The van der Waals surface area contributed by atoms with E-state index in [9.17, 15) is 9.18 Å². The summed E-state index contributed by atoms with van der Waals surface area (Å²) in [6.45, 7) is 7.85. The third kappa shape index (κ3) is 2.01. The van der Waals surface area contributed by atoms with E-state index >= 15 is 0 Å². The number of likely N-dealkylation sites (tertiary alicyclic amines) is 1. The van der Waals surface area contributed by atoms with Crippen molar-refractivity contribution in [2.45, 2.75) is 39.8 Å². The van der Waals surface area contributed by atoms with Crippen LogP contribution in [0.1, 0.15) is 34.1 Å². The third-order valence-electron chi connectivity index (χ3n) is 2.79. The number of nitrogens with zero attached hydrogens (tertiary/aromatic N) is 1. The molecule has 0 aliphatic carbocycles. The second-order valence-electron chi connectivity index (χ2n) is 4.81. The van der Waals surface area contributed by atoms with Gasteiger partial charge in [-0.1, -0.05) is 20.8 Å².